The van der Waals surface area contributed by atoms with E-state index >= 15 is 0 Å². The van der Waals surface area contributed by atoms with Gasteiger partial charge in [-0.1, -0.05) is 32.0 Å². The fraction of sp³-hybridized carbons (Fsp3) is 0.647. The third kappa shape index (κ3) is 4.77. The lowest BCUT2D eigenvalue weighted by Crippen LogP contribution is -2.47. The van der Waals surface area contributed by atoms with Gasteiger partial charge in [0.05, 0.1) is 6.10 Å². The quantitative estimate of drug-likeness (QED) is 0.876. The molecular weight excluding hydrogens is 267 g/mol. The van der Waals surface area contributed by atoms with Gasteiger partial charge in [-0.15, -0.1) is 0 Å². The predicted molar refractivity (Wildman–Crippen MR) is 83.2 cm³/mol. The minimum atomic E-state index is -0.282. The van der Waals surface area contributed by atoms with Crippen molar-refractivity contribution < 1.29 is 9.50 Å². The van der Waals surface area contributed by atoms with Crippen molar-refractivity contribution in [1.82, 2.24) is 4.90 Å². The van der Waals surface area contributed by atoms with Crippen LogP contribution in [-0.2, 0) is 6.54 Å². The number of nitrogens with two attached hydrogens (primary N) is 1. The lowest BCUT2D eigenvalue weighted by atomic mass is 9.87. The first-order chi connectivity index (χ1) is 9.95. The van der Waals surface area contributed by atoms with Gasteiger partial charge < -0.3 is 10.8 Å². The number of likely N-dealkylation sites (tertiary alicyclic amines) is 1. The highest BCUT2D eigenvalue weighted by molar-refractivity contribution is 5.17. The molecule has 1 aromatic rings. The Morgan fingerprint density at radius 1 is 1.33 bits per heavy atom. The van der Waals surface area contributed by atoms with Crippen LogP contribution in [0.5, 0.6) is 0 Å². The Kier molecular flexibility index (Phi) is 5.73. The van der Waals surface area contributed by atoms with Gasteiger partial charge in [0.25, 0.3) is 0 Å². The van der Waals surface area contributed by atoms with E-state index in [1.807, 2.05) is 26.0 Å². The van der Waals surface area contributed by atoms with Gasteiger partial charge in [0.15, 0.2) is 0 Å². The van der Waals surface area contributed by atoms with Crippen LogP contribution < -0.4 is 5.73 Å². The van der Waals surface area contributed by atoms with Gasteiger partial charge in [-0.25, -0.2) is 4.39 Å². The van der Waals surface area contributed by atoms with Crippen molar-refractivity contribution in [3.8, 4) is 0 Å². The average Bonchev–Trinajstić information content (AvgIpc) is 2.40. The number of halogens is 1. The number of rotatable bonds is 5. The van der Waals surface area contributed by atoms with Crippen LogP contribution in [0.4, 0.5) is 4.39 Å². The summed E-state index contributed by atoms with van der Waals surface area (Å²) in [4.78, 5) is 2.21. The van der Waals surface area contributed by atoms with Gasteiger partial charge in [0, 0.05) is 31.2 Å². The molecule has 0 spiro atoms. The number of aliphatic hydroxyl groups excluding tert-OH is 1. The Labute approximate surface area is 126 Å². The Bertz CT molecular complexity index is 452. The summed E-state index contributed by atoms with van der Waals surface area (Å²) >= 11 is 0. The van der Waals surface area contributed by atoms with Crippen LogP contribution >= 0.6 is 0 Å². The van der Waals surface area contributed by atoms with Crippen LogP contribution in [0.2, 0.25) is 0 Å². The lowest BCUT2D eigenvalue weighted by molar-refractivity contribution is 0.0639. The van der Waals surface area contributed by atoms with Gasteiger partial charge in [0.1, 0.15) is 5.82 Å². The smallest absolute Gasteiger partial charge is 0.127 e. The number of benzene rings is 1. The fourth-order valence-electron chi connectivity index (χ4n) is 3.13. The zero-order chi connectivity index (χ0) is 15.4. The summed E-state index contributed by atoms with van der Waals surface area (Å²) in [6, 6.07) is 7.01. The molecule has 3 N–H and O–H groups in total. The molecule has 1 aliphatic heterocycles. The molecular formula is C17H27FN2O. The van der Waals surface area contributed by atoms with E-state index in [1.165, 1.54) is 6.07 Å². The van der Waals surface area contributed by atoms with Crippen molar-refractivity contribution in [3.05, 3.63) is 35.6 Å². The predicted octanol–water partition coefficient (Wildman–Crippen LogP) is 2.38. The summed E-state index contributed by atoms with van der Waals surface area (Å²) in [5.41, 5.74) is 6.86. The number of aliphatic hydroxyl groups is 1. The second kappa shape index (κ2) is 7.34. The van der Waals surface area contributed by atoms with Crippen LogP contribution in [0.1, 0.15) is 32.3 Å². The molecule has 1 heterocycles. The molecule has 4 heteroatoms. The second-order valence-electron chi connectivity index (χ2n) is 6.69. The van der Waals surface area contributed by atoms with Crippen LogP contribution in [0, 0.1) is 17.7 Å². The molecule has 21 heavy (non-hydrogen) atoms. The molecule has 118 valence electrons. The molecule has 0 aromatic heterocycles. The summed E-state index contributed by atoms with van der Waals surface area (Å²) in [6.45, 7) is 6.33. The van der Waals surface area contributed by atoms with Crippen LogP contribution in [-0.4, -0.2) is 35.2 Å². The molecule has 3 atom stereocenters. The average molecular weight is 294 g/mol. The van der Waals surface area contributed by atoms with Crippen molar-refractivity contribution in [2.24, 2.45) is 17.6 Å². The second-order valence-corrected chi connectivity index (χ2v) is 6.69. The van der Waals surface area contributed by atoms with Crippen molar-refractivity contribution in [1.29, 1.82) is 0 Å². The molecule has 0 saturated carbocycles. The van der Waals surface area contributed by atoms with Gasteiger partial charge in [-0.3, -0.25) is 4.90 Å². The molecule has 1 aromatic carbocycles. The monoisotopic (exact) mass is 294 g/mol. The zero-order valence-corrected chi connectivity index (χ0v) is 13.0. The molecule has 1 saturated heterocycles. The van der Waals surface area contributed by atoms with E-state index in [0.29, 0.717) is 12.5 Å². The molecule has 1 aliphatic rings. The van der Waals surface area contributed by atoms with E-state index in [9.17, 15) is 9.50 Å². The van der Waals surface area contributed by atoms with Crippen LogP contribution in [0.15, 0.2) is 24.3 Å². The molecule has 2 rings (SSSR count). The highest BCUT2D eigenvalue weighted by Gasteiger charge is 2.27. The maximum atomic E-state index is 13.8. The summed E-state index contributed by atoms with van der Waals surface area (Å²) in [7, 11) is 0. The molecule has 0 radical (unpaired) electrons. The third-order valence-corrected chi connectivity index (χ3v) is 4.34. The molecule has 0 aliphatic carbocycles. The molecule has 0 bridgehead atoms. The number of nitrogens with zero attached hydrogens (tertiary/aromatic N) is 1. The first-order valence-corrected chi connectivity index (χ1v) is 7.85. The van der Waals surface area contributed by atoms with Gasteiger partial charge in [0.2, 0.25) is 0 Å². The molecule has 3 nitrogen and oxygen atoms in total. The largest absolute Gasteiger partial charge is 0.393 e. The first kappa shape index (κ1) is 16.4. The minimum Gasteiger partial charge on any atom is -0.393 e. The molecule has 1 fully saturated rings. The standard InChI is InChI=1S/C17H27FN2O/c1-12(2)17(21)8-13-7-15(19)11-20(9-13)10-14-5-3-4-6-16(14)18/h3-6,12-13,15,17,21H,7-11,19H2,1-2H3. The highest BCUT2D eigenvalue weighted by atomic mass is 19.1. The minimum absolute atomic E-state index is 0.106. The van der Waals surface area contributed by atoms with Crippen molar-refractivity contribution in [2.45, 2.75) is 45.4 Å². The fourth-order valence-corrected chi connectivity index (χ4v) is 3.13. The topological polar surface area (TPSA) is 49.5 Å². The zero-order valence-electron chi connectivity index (χ0n) is 13.0. The lowest BCUT2D eigenvalue weighted by Gasteiger charge is -2.37. The van der Waals surface area contributed by atoms with Crippen LogP contribution in [0.25, 0.3) is 0 Å². The maximum absolute atomic E-state index is 13.8. The Hall–Kier alpha value is -0.970. The number of piperidine rings is 1. The van der Waals surface area contributed by atoms with E-state index < -0.39 is 0 Å². The summed E-state index contributed by atoms with van der Waals surface area (Å²) < 4.78 is 13.8. The van der Waals surface area contributed by atoms with Crippen LogP contribution in [0.3, 0.4) is 0 Å². The molecule has 3 unspecified atom stereocenters. The maximum Gasteiger partial charge on any atom is 0.127 e. The summed E-state index contributed by atoms with van der Waals surface area (Å²) in [5, 5.41) is 10.1. The molecule has 0 amide bonds. The Morgan fingerprint density at radius 3 is 2.71 bits per heavy atom. The highest BCUT2D eigenvalue weighted by Crippen LogP contribution is 2.24. The number of hydrogen-bond acceptors (Lipinski definition) is 3. The van der Waals surface area contributed by atoms with E-state index in [0.717, 1.165) is 31.5 Å². The van der Waals surface area contributed by atoms with E-state index in [1.54, 1.807) is 6.07 Å². The van der Waals surface area contributed by atoms with Crippen molar-refractivity contribution in [2.75, 3.05) is 13.1 Å². The number of hydrogen-bond donors (Lipinski definition) is 2. The van der Waals surface area contributed by atoms with E-state index in [-0.39, 0.29) is 23.9 Å². The normalized spacial score (nSPS) is 25.2. The Balaban J connectivity index is 1.96. The van der Waals surface area contributed by atoms with Gasteiger partial charge in [-0.2, -0.15) is 0 Å². The van der Waals surface area contributed by atoms with Crippen molar-refractivity contribution in [3.63, 3.8) is 0 Å². The third-order valence-electron chi connectivity index (χ3n) is 4.34. The summed E-state index contributed by atoms with van der Waals surface area (Å²) in [5.74, 6) is 0.497. The van der Waals surface area contributed by atoms with E-state index in [4.69, 9.17) is 5.73 Å². The van der Waals surface area contributed by atoms with Gasteiger partial charge >= 0.3 is 0 Å². The Morgan fingerprint density at radius 2 is 2.05 bits per heavy atom. The summed E-state index contributed by atoms with van der Waals surface area (Å²) in [6.07, 6.45) is 1.44. The van der Waals surface area contributed by atoms with E-state index in [2.05, 4.69) is 4.90 Å². The van der Waals surface area contributed by atoms with Gasteiger partial charge in [-0.05, 0) is 30.7 Å². The van der Waals surface area contributed by atoms with Crippen molar-refractivity contribution >= 4 is 0 Å². The first-order valence-electron chi connectivity index (χ1n) is 7.85. The SMILES string of the molecule is CC(C)C(O)CC1CC(N)CN(Cc2ccccc2F)C1.